The van der Waals surface area contributed by atoms with E-state index < -0.39 is 5.97 Å². The minimum absolute atomic E-state index is 0.0168. The third-order valence-corrected chi connectivity index (χ3v) is 2.50. The Balaban J connectivity index is 2.42. The van der Waals surface area contributed by atoms with Crippen LogP contribution in [0.4, 0.5) is 0 Å². The van der Waals surface area contributed by atoms with E-state index in [0.29, 0.717) is 11.3 Å². The van der Waals surface area contributed by atoms with Crippen LogP contribution in [0.1, 0.15) is 27.8 Å². The molecule has 4 heteroatoms. The molecule has 0 saturated carbocycles. The summed E-state index contributed by atoms with van der Waals surface area (Å²) in [6.45, 7) is 1.50. The fourth-order valence-corrected chi connectivity index (χ4v) is 1.59. The zero-order valence-electron chi connectivity index (χ0n) is 9.23. The number of aromatic amines is 1. The number of benzene rings is 1. The number of H-pyrrole nitrogens is 1. The van der Waals surface area contributed by atoms with Crippen molar-refractivity contribution in [2.24, 2.45) is 0 Å². The number of aromatic carboxylic acids is 1. The Kier molecular flexibility index (Phi) is 2.78. The van der Waals surface area contributed by atoms with Crippen LogP contribution in [0.5, 0.6) is 0 Å². The molecule has 2 aromatic rings. The number of Topliss-reactive ketones (excluding diaryl/α,β-unsaturated/α-hetero) is 1. The Morgan fingerprint density at radius 1 is 1.18 bits per heavy atom. The molecule has 4 nitrogen and oxygen atoms in total. The van der Waals surface area contributed by atoms with E-state index in [-0.39, 0.29) is 11.5 Å². The highest BCUT2D eigenvalue weighted by atomic mass is 16.4. The van der Waals surface area contributed by atoms with Crippen LogP contribution < -0.4 is 0 Å². The maximum absolute atomic E-state index is 11.2. The quantitative estimate of drug-likeness (QED) is 0.794. The number of nitrogens with one attached hydrogen (secondary N) is 1. The third kappa shape index (κ3) is 2.25. The van der Waals surface area contributed by atoms with Crippen LogP contribution in [0.15, 0.2) is 36.4 Å². The normalized spacial score (nSPS) is 10.2. The molecule has 0 spiro atoms. The molecule has 1 aromatic heterocycles. The Hall–Kier alpha value is -2.36. The molecule has 0 aliphatic rings. The number of rotatable bonds is 3. The molecule has 86 valence electrons. The topological polar surface area (TPSA) is 70.2 Å². The second kappa shape index (κ2) is 4.25. The third-order valence-electron chi connectivity index (χ3n) is 2.50. The van der Waals surface area contributed by atoms with Gasteiger partial charge in [0, 0.05) is 11.3 Å². The van der Waals surface area contributed by atoms with E-state index in [9.17, 15) is 9.59 Å². The average Bonchev–Trinajstić information content (AvgIpc) is 2.78. The average molecular weight is 229 g/mol. The van der Waals surface area contributed by atoms with Gasteiger partial charge in [0.1, 0.15) is 5.69 Å². The van der Waals surface area contributed by atoms with Crippen molar-refractivity contribution >= 4 is 11.8 Å². The molecule has 0 atom stereocenters. The Morgan fingerprint density at radius 3 is 2.53 bits per heavy atom. The van der Waals surface area contributed by atoms with Crippen LogP contribution in [0.25, 0.3) is 11.3 Å². The zero-order chi connectivity index (χ0) is 12.4. The van der Waals surface area contributed by atoms with Crippen molar-refractivity contribution in [3.8, 4) is 11.3 Å². The zero-order valence-corrected chi connectivity index (χ0v) is 9.23. The second-order valence-corrected chi connectivity index (χ2v) is 3.73. The lowest BCUT2D eigenvalue weighted by molar-refractivity contribution is 0.0691. The summed E-state index contributed by atoms with van der Waals surface area (Å²) in [4.78, 5) is 24.8. The van der Waals surface area contributed by atoms with Crippen LogP contribution in [-0.2, 0) is 0 Å². The lowest BCUT2D eigenvalue weighted by Crippen LogP contribution is -1.96. The van der Waals surface area contributed by atoms with Gasteiger partial charge in [-0.2, -0.15) is 0 Å². The van der Waals surface area contributed by atoms with Gasteiger partial charge in [-0.3, -0.25) is 4.79 Å². The van der Waals surface area contributed by atoms with Crippen LogP contribution in [0.2, 0.25) is 0 Å². The molecule has 1 aromatic carbocycles. The number of aromatic nitrogens is 1. The van der Waals surface area contributed by atoms with Crippen LogP contribution in [0, 0.1) is 0 Å². The summed E-state index contributed by atoms with van der Waals surface area (Å²) < 4.78 is 0. The summed E-state index contributed by atoms with van der Waals surface area (Å²) in [6, 6.07) is 10.2. The summed E-state index contributed by atoms with van der Waals surface area (Å²) >= 11 is 0. The van der Waals surface area contributed by atoms with E-state index in [4.69, 9.17) is 5.11 Å². The molecule has 0 unspecified atom stereocenters. The Morgan fingerprint density at radius 2 is 1.94 bits per heavy atom. The van der Waals surface area contributed by atoms with Crippen molar-refractivity contribution in [2.75, 3.05) is 0 Å². The van der Waals surface area contributed by atoms with Crippen molar-refractivity contribution in [3.63, 3.8) is 0 Å². The van der Waals surface area contributed by atoms with E-state index in [1.54, 1.807) is 24.3 Å². The van der Waals surface area contributed by atoms with Crippen molar-refractivity contribution in [1.82, 2.24) is 4.98 Å². The molecular weight excluding hydrogens is 218 g/mol. The van der Waals surface area contributed by atoms with Gasteiger partial charge in [0.15, 0.2) is 5.78 Å². The molecule has 0 amide bonds. The number of ketones is 1. The smallest absolute Gasteiger partial charge is 0.352 e. The van der Waals surface area contributed by atoms with Gasteiger partial charge in [-0.25, -0.2) is 4.79 Å². The van der Waals surface area contributed by atoms with Gasteiger partial charge in [-0.05, 0) is 30.7 Å². The van der Waals surface area contributed by atoms with Gasteiger partial charge in [0.25, 0.3) is 0 Å². The predicted octanol–water partition coefficient (Wildman–Crippen LogP) is 2.58. The lowest BCUT2D eigenvalue weighted by Gasteiger charge is -2.00. The molecule has 17 heavy (non-hydrogen) atoms. The van der Waals surface area contributed by atoms with Gasteiger partial charge in [-0.1, -0.05) is 18.2 Å². The van der Waals surface area contributed by atoms with Gasteiger partial charge in [0.2, 0.25) is 0 Å². The maximum Gasteiger partial charge on any atom is 0.352 e. The summed E-state index contributed by atoms with van der Waals surface area (Å²) in [6.07, 6.45) is 0. The molecule has 1 heterocycles. The van der Waals surface area contributed by atoms with E-state index in [1.807, 2.05) is 6.07 Å². The number of carbonyl (C=O) groups excluding carboxylic acids is 1. The summed E-state index contributed by atoms with van der Waals surface area (Å²) in [5.74, 6) is -1.02. The van der Waals surface area contributed by atoms with E-state index in [2.05, 4.69) is 4.98 Å². The summed E-state index contributed by atoms with van der Waals surface area (Å²) in [7, 11) is 0. The first-order valence-corrected chi connectivity index (χ1v) is 5.11. The number of carboxylic acid groups (broad SMARTS) is 1. The summed E-state index contributed by atoms with van der Waals surface area (Å²) in [5, 5.41) is 8.80. The highest BCUT2D eigenvalue weighted by Crippen LogP contribution is 2.20. The fraction of sp³-hybridized carbons (Fsp3) is 0.0769. The second-order valence-electron chi connectivity index (χ2n) is 3.73. The first-order valence-electron chi connectivity index (χ1n) is 5.11. The van der Waals surface area contributed by atoms with Gasteiger partial charge in [0.05, 0.1) is 0 Å². The minimum Gasteiger partial charge on any atom is -0.477 e. The molecule has 0 bridgehead atoms. The van der Waals surface area contributed by atoms with E-state index >= 15 is 0 Å². The van der Waals surface area contributed by atoms with Crippen LogP contribution >= 0.6 is 0 Å². The number of carboxylic acids is 1. The summed E-state index contributed by atoms with van der Waals surface area (Å²) in [5.41, 5.74) is 2.22. The predicted molar refractivity (Wildman–Crippen MR) is 63.2 cm³/mol. The van der Waals surface area contributed by atoms with Gasteiger partial charge < -0.3 is 10.1 Å². The van der Waals surface area contributed by atoms with Gasteiger partial charge >= 0.3 is 5.97 Å². The fourth-order valence-electron chi connectivity index (χ4n) is 1.59. The first-order chi connectivity index (χ1) is 8.08. The number of hydrogen-bond acceptors (Lipinski definition) is 2. The van der Waals surface area contributed by atoms with Crippen molar-refractivity contribution in [1.29, 1.82) is 0 Å². The molecule has 2 N–H and O–H groups in total. The van der Waals surface area contributed by atoms with Crippen LogP contribution in [0.3, 0.4) is 0 Å². The molecule has 0 radical (unpaired) electrons. The molecule has 0 fully saturated rings. The molecule has 0 saturated heterocycles. The monoisotopic (exact) mass is 229 g/mol. The Labute approximate surface area is 97.9 Å². The minimum atomic E-state index is -1.00. The SMILES string of the molecule is CC(=O)c1cccc(-c2ccc(C(=O)O)[nH]2)c1. The Bertz CT molecular complexity index is 584. The van der Waals surface area contributed by atoms with E-state index in [1.165, 1.54) is 13.0 Å². The number of carbonyl (C=O) groups is 2. The standard InChI is InChI=1S/C13H11NO3/c1-8(15)9-3-2-4-10(7-9)11-5-6-12(14-11)13(16)17/h2-7,14H,1H3,(H,16,17). The first kappa shape index (κ1) is 11.1. The van der Waals surface area contributed by atoms with E-state index in [0.717, 1.165) is 5.56 Å². The highest BCUT2D eigenvalue weighted by Gasteiger charge is 2.08. The van der Waals surface area contributed by atoms with Crippen molar-refractivity contribution in [2.45, 2.75) is 6.92 Å². The van der Waals surface area contributed by atoms with Gasteiger partial charge in [-0.15, -0.1) is 0 Å². The maximum atomic E-state index is 11.2. The largest absolute Gasteiger partial charge is 0.477 e. The highest BCUT2D eigenvalue weighted by molar-refractivity contribution is 5.95. The molecule has 0 aliphatic carbocycles. The molecule has 2 rings (SSSR count). The van der Waals surface area contributed by atoms with Crippen molar-refractivity contribution < 1.29 is 14.7 Å². The molecular formula is C13H11NO3. The van der Waals surface area contributed by atoms with Crippen LogP contribution in [-0.4, -0.2) is 21.8 Å². The number of hydrogen-bond donors (Lipinski definition) is 2. The van der Waals surface area contributed by atoms with Crippen molar-refractivity contribution in [3.05, 3.63) is 47.7 Å². The molecule has 0 aliphatic heterocycles. The lowest BCUT2D eigenvalue weighted by atomic mass is 10.1.